The molecular weight excluding hydrogens is 398 g/mol. The van der Waals surface area contributed by atoms with E-state index in [0.29, 0.717) is 12.1 Å². The minimum Gasteiger partial charge on any atom is -0.449 e. The Morgan fingerprint density at radius 2 is 2.10 bits per heavy atom. The highest BCUT2D eigenvalue weighted by atomic mass is 32.2. The molecule has 29 heavy (non-hydrogen) atoms. The average molecular weight is 421 g/mol. The van der Waals surface area contributed by atoms with Gasteiger partial charge in [-0.3, -0.25) is 9.59 Å². The third kappa shape index (κ3) is 3.93. The second-order valence-electron chi connectivity index (χ2n) is 7.73. The quantitative estimate of drug-likeness (QED) is 0.677. The molecule has 0 aliphatic carbocycles. The number of esters is 1. The Balaban J connectivity index is 1.40. The Hall–Kier alpha value is -2.62. The lowest BCUT2D eigenvalue weighted by Crippen LogP contribution is -2.44. The van der Waals surface area contributed by atoms with Crippen molar-refractivity contribution < 1.29 is 27.5 Å². The molecule has 1 aromatic carbocycles. The Morgan fingerprint density at radius 3 is 2.83 bits per heavy atom. The van der Waals surface area contributed by atoms with Gasteiger partial charge >= 0.3 is 5.97 Å². The third-order valence-electron chi connectivity index (χ3n) is 5.59. The fourth-order valence-corrected chi connectivity index (χ4v) is 5.74. The summed E-state index contributed by atoms with van der Waals surface area (Å²) in [5.41, 5.74) is 1.65. The van der Waals surface area contributed by atoms with Gasteiger partial charge in [-0.05, 0) is 44.4 Å². The third-order valence-corrected chi connectivity index (χ3v) is 7.35. The zero-order chi connectivity index (χ0) is 20.8. The molecule has 3 heterocycles. The van der Waals surface area contributed by atoms with E-state index >= 15 is 0 Å². The van der Waals surface area contributed by atoms with E-state index in [0.717, 1.165) is 25.1 Å². The number of ether oxygens (including phenoxy) is 1. The summed E-state index contributed by atoms with van der Waals surface area (Å²) in [6.07, 6.45) is 1.04. The van der Waals surface area contributed by atoms with Crippen molar-refractivity contribution in [3.63, 3.8) is 0 Å². The maximum absolute atomic E-state index is 12.5. The van der Waals surface area contributed by atoms with Crippen LogP contribution in [0.5, 0.6) is 0 Å². The molecule has 10 heteroatoms. The van der Waals surface area contributed by atoms with Crippen molar-refractivity contribution in [2.75, 3.05) is 28.3 Å². The molecule has 2 amide bonds. The van der Waals surface area contributed by atoms with Crippen molar-refractivity contribution in [1.29, 1.82) is 0 Å². The Bertz CT molecular complexity index is 976. The number of carbonyl (C=O) groups excluding carboxylic acids is 3. The highest BCUT2D eigenvalue weighted by Crippen LogP contribution is 2.37. The number of carbonyl (C=O) groups is 3. The number of amides is 2. The Labute approximate surface area is 168 Å². The molecule has 0 aromatic heterocycles. The van der Waals surface area contributed by atoms with Gasteiger partial charge in [-0.2, -0.15) is 0 Å². The van der Waals surface area contributed by atoms with Crippen LogP contribution in [0.2, 0.25) is 0 Å². The van der Waals surface area contributed by atoms with E-state index in [9.17, 15) is 22.8 Å². The average Bonchev–Trinajstić information content (AvgIpc) is 3.28. The van der Waals surface area contributed by atoms with E-state index in [4.69, 9.17) is 4.74 Å². The van der Waals surface area contributed by atoms with Crippen LogP contribution in [0.3, 0.4) is 0 Å². The molecule has 9 nitrogen and oxygen atoms in total. The van der Waals surface area contributed by atoms with Crippen molar-refractivity contribution in [2.24, 2.45) is 0 Å². The van der Waals surface area contributed by atoms with Crippen LogP contribution in [0.15, 0.2) is 18.2 Å². The molecule has 0 unspecified atom stereocenters. The van der Waals surface area contributed by atoms with Gasteiger partial charge < -0.3 is 20.3 Å². The van der Waals surface area contributed by atoms with Gasteiger partial charge in [0.15, 0.2) is 15.9 Å². The molecule has 0 spiro atoms. The molecule has 3 aliphatic heterocycles. The van der Waals surface area contributed by atoms with Crippen LogP contribution in [0.25, 0.3) is 0 Å². The van der Waals surface area contributed by atoms with Crippen LogP contribution >= 0.6 is 0 Å². The predicted molar refractivity (Wildman–Crippen MR) is 106 cm³/mol. The second-order valence-corrected chi connectivity index (χ2v) is 9.96. The van der Waals surface area contributed by atoms with E-state index in [1.54, 1.807) is 18.2 Å². The van der Waals surface area contributed by atoms with Crippen LogP contribution in [-0.4, -0.2) is 62.4 Å². The van der Waals surface area contributed by atoms with Crippen molar-refractivity contribution in [3.8, 4) is 0 Å². The molecule has 2 saturated heterocycles. The highest BCUT2D eigenvalue weighted by Gasteiger charge is 2.36. The number of nitrogens with zero attached hydrogens (tertiary/aromatic N) is 1. The topological polar surface area (TPSA) is 122 Å². The summed E-state index contributed by atoms with van der Waals surface area (Å²) in [6.45, 7) is 2.23. The number of fused-ring (bicyclic) bond motifs is 3. The molecule has 1 aromatic rings. The first-order valence-electron chi connectivity index (χ1n) is 9.67. The van der Waals surface area contributed by atoms with Crippen molar-refractivity contribution in [2.45, 2.75) is 44.4 Å². The van der Waals surface area contributed by atoms with Crippen LogP contribution < -0.4 is 15.5 Å². The molecule has 0 saturated carbocycles. The zero-order valence-electron chi connectivity index (χ0n) is 16.0. The number of benzene rings is 1. The molecule has 3 atom stereocenters. The molecule has 156 valence electrons. The van der Waals surface area contributed by atoms with Gasteiger partial charge in [0.05, 0.1) is 28.4 Å². The fraction of sp³-hybridized carbons (Fsp3) is 0.526. The maximum atomic E-state index is 12.5. The highest BCUT2D eigenvalue weighted by molar-refractivity contribution is 7.91. The molecule has 0 bridgehead atoms. The molecule has 3 aliphatic rings. The van der Waals surface area contributed by atoms with Crippen molar-refractivity contribution >= 4 is 39.0 Å². The van der Waals surface area contributed by atoms with Crippen molar-refractivity contribution in [3.05, 3.63) is 23.8 Å². The lowest BCUT2D eigenvalue weighted by molar-refractivity contribution is -0.129. The lowest BCUT2D eigenvalue weighted by atomic mass is 10.1. The van der Waals surface area contributed by atoms with E-state index in [-0.39, 0.29) is 29.0 Å². The van der Waals surface area contributed by atoms with Crippen LogP contribution in [0, 0.1) is 0 Å². The van der Waals surface area contributed by atoms with Gasteiger partial charge in [0.1, 0.15) is 6.04 Å². The minimum absolute atomic E-state index is 0.0465. The Kier molecular flexibility index (Phi) is 4.97. The summed E-state index contributed by atoms with van der Waals surface area (Å²) < 4.78 is 28.2. The standard InChI is InChI=1S/C19H23N3O6S/c1-11(17(23)20-13-6-8-29(26,27)10-13)28-19(25)12-4-5-15-14(9-12)21-18(24)16-3-2-7-22(15)16/h4-5,9,11,13,16H,2-3,6-8,10H2,1H3,(H,20,23)(H,21,24)/t11-,13+,16+/m0/s1. The zero-order valence-corrected chi connectivity index (χ0v) is 16.8. The fourth-order valence-electron chi connectivity index (χ4n) is 4.07. The first-order valence-corrected chi connectivity index (χ1v) is 11.5. The number of nitrogens with one attached hydrogen (secondary N) is 2. The van der Waals surface area contributed by atoms with Crippen LogP contribution in [0.4, 0.5) is 11.4 Å². The summed E-state index contributed by atoms with van der Waals surface area (Å²) in [7, 11) is -3.11. The van der Waals surface area contributed by atoms with E-state index in [1.165, 1.54) is 6.92 Å². The van der Waals surface area contributed by atoms with E-state index in [1.807, 2.05) is 4.90 Å². The van der Waals surface area contributed by atoms with Gasteiger partial charge in [-0.1, -0.05) is 0 Å². The monoisotopic (exact) mass is 421 g/mol. The molecule has 4 rings (SSSR count). The molecule has 2 fully saturated rings. The lowest BCUT2D eigenvalue weighted by Gasteiger charge is -2.33. The maximum Gasteiger partial charge on any atom is 0.338 e. The smallest absolute Gasteiger partial charge is 0.338 e. The number of rotatable bonds is 4. The van der Waals surface area contributed by atoms with Gasteiger partial charge in [-0.15, -0.1) is 0 Å². The van der Waals surface area contributed by atoms with E-state index < -0.39 is 33.9 Å². The summed E-state index contributed by atoms with van der Waals surface area (Å²) in [5.74, 6) is -1.36. The summed E-state index contributed by atoms with van der Waals surface area (Å²) in [4.78, 5) is 39.0. The summed E-state index contributed by atoms with van der Waals surface area (Å²) in [5, 5.41) is 5.45. The predicted octanol–water partition coefficient (Wildman–Crippen LogP) is 0.456. The first-order chi connectivity index (χ1) is 13.7. The van der Waals surface area contributed by atoms with Gasteiger partial charge in [0, 0.05) is 12.6 Å². The number of sulfone groups is 1. The second kappa shape index (κ2) is 7.33. The van der Waals surface area contributed by atoms with E-state index in [2.05, 4.69) is 10.6 Å². The van der Waals surface area contributed by atoms with Gasteiger partial charge in [0.2, 0.25) is 5.91 Å². The number of hydrogen-bond donors (Lipinski definition) is 2. The first kappa shape index (κ1) is 19.7. The molecular formula is C19H23N3O6S. The SMILES string of the molecule is C[C@H](OC(=O)c1ccc2c(c1)NC(=O)[C@H]1CCCN21)C(=O)N[C@@H]1CCS(=O)(=O)C1. The van der Waals surface area contributed by atoms with Gasteiger partial charge in [-0.25, -0.2) is 13.2 Å². The van der Waals surface area contributed by atoms with Crippen molar-refractivity contribution in [1.82, 2.24) is 5.32 Å². The van der Waals surface area contributed by atoms with Gasteiger partial charge in [0.25, 0.3) is 5.91 Å². The summed E-state index contributed by atoms with van der Waals surface area (Å²) >= 11 is 0. The number of hydrogen-bond acceptors (Lipinski definition) is 7. The largest absolute Gasteiger partial charge is 0.449 e. The molecule has 2 N–H and O–H groups in total. The minimum atomic E-state index is -3.11. The van der Waals surface area contributed by atoms with Crippen LogP contribution in [0.1, 0.15) is 36.5 Å². The molecule has 0 radical (unpaired) electrons. The summed E-state index contributed by atoms with van der Waals surface area (Å²) in [6, 6.07) is 4.32. The Morgan fingerprint density at radius 1 is 1.31 bits per heavy atom. The van der Waals surface area contributed by atoms with Crippen LogP contribution in [-0.2, 0) is 24.2 Å². The normalized spacial score (nSPS) is 25.6. The number of anilines is 2.